The lowest BCUT2D eigenvalue weighted by Gasteiger charge is -2.05. The van der Waals surface area contributed by atoms with E-state index in [2.05, 4.69) is 31.3 Å². The summed E-state index contributed by atoms with van der Waals surface area (Å²) in [5.41, 5.74) is 0.899. The highest BCUT2D eigenvalue weighted by Crippen LogP contribution is 2.28. The maximum atomic E-state index is 11.8. The number of aromatic amines is 1. The van der Waals surface area contributed by atoms with Crippen LogP contribution in [0.3, 0.4) is 0 Å². The van der Waals surface area contributed by atoms with Gasteiger partial charge in [-0.15, -0.1) is 5.10 Å². The van der Waals surface area contributed by atoms with Crippen LogP contribution >= 0.6 is 15.9 Å². The molecular formula is C12H12BrN3O4S. The molecule has 9 heteroatoms. The second-order valence-corrected chi connectivity index (χ2v) is 7.00. The number of benzene rings is 1. The molecule has 0 aliphatic heterocycles. The number of rotatable bonds is 4. The van der Waals surface area contributed by atoms with Crippen LogP contribution in [-0.2, 0) is 14.6 Å². The number of sulfone groups is 1. The average Bonchev–Trinajstić information content (AvgIpc) is 2.86. The summed E-state index contributed by atoms with van der Waals surface area (Å²) >= 11 is 3.21. The van der Waals surface area contributed by atoms with Gasteiger partial charge in [0.1, 0.15) is 5.69 Å². The molecule has 112 valence electrons. The van der Waals surface area contributed by atoms with Crippen LogP contribution in [0, 0.1) is 0 Å². The zero-order valence-corrected chi connectivity index (χ0v) is 13.7. The Hall–Kier alpha value is -1.74. The molecule has 0 unspecified atom stereocenters. The smallest absolute Gasteiger partial charge is 0.361 e. The van der Waals surface area contributed by atoms with Crippen LogP contribution < -0.4 is 0 Å². The number of halogens is 1. The lowest BCUT2D eigenvalue weighted by molar-refractivity contribution is 0.0520. The summed E-state index contributed by atoms with van der Waals surface area (Å²) in [5, 5.41) is 10.0. The van der Waals surface area contributed by atoms with Crippen molar-refractivity contribution in [1.29, 1.82) is 0 Å². The highest BCUT2D eigenvalue weighted by molar-refractivity contribution is 9.10. The summed E-state index contributed by atoms with van der Waals surface area (Å²) in [6.45, 7) is 1.91. The van der Waals surface area contributed by atoms with E-state index in [9.17, 15) is 13.2 Å². The van der Waals surface area contributed by atoms with Crippen molar-refractivity contribution in [3.8, 4) is 11.3 Å². The van der Waals surface area contributed by atoms with Gasteiger partial charge in [-0.3, -0.25) is 0 Å². The average molecular weight is 374 g/mol. The van der Waals surface area contributed by atoms with Crippen LogP contribution in [0.2, 0.25) is 0 Å². The quantitative estimate of drug-likeness (QED) is 0.819. The molecule has 21 heavy (non-hydrogen) atoms. The molecule has 0 amide bonds. The Morgan fingerprint density at radius 2 is 2.10 bits per heavy atom. The minimum absolute atomic E-state index is 0.0517. The number of hydrogen-bond donors (Lipinski definition) is 1. The van der Waals surface area contributed by atoms with Crippen LogP contribution in [0.25, 0.3) is 11.3 Å². The lowest BCUT2D eigenvalue weighted by Crippen LogP contribution is -2.07. The highest BCUT2D eigenvalue weighted by Gasteiger charge is 2.20. The second kappa shape index (κ2) is 5.94. The van der Waals surface area contributed by atoms with Crippen molar-refractivity contribution < 1.29 is 17.9 Å². The van der Waals surface area contributed by atoms with E-state index in [1.807, 2.05) is 0 Å². The van der Waals surface area contributed by atoms with E-state index in [0.29, 0.717) is 15.7 Å². The first kappa shape index (κ1) is 15.6. The van der Waals surface area contributed by atoms with Crippen molar-refractivity contribution in [3.63, 3.8) is 0 Å². The molecule has 1 heterocycles. The van der Waals surface area contributed by atoms with Gasteiger partial charge in [0.15, 0.2) is 15.5 Å². The summed E-state index contributed by atoms with van der Waals surface area (Å²) in [5.74, 6) is -0.593. The van der Waals surface area contributed by atoms with Crippen LogP contribution in [0.5, 0.6) is 0 Å². The summed E-state index contributed by atoms with van der Waals surface area (Å²) in [6.07, 6.45) is 1.12. The molecule has 0 aliphatic rings. The molecule has 1 aromatic heterocycles. The number of esters is 1. The first-order valence-corrected chi connectivity index (χ1v) is 8.61. The largest absolute Gasteiger partial charge is 0.461 e. The van der Waals surface area contributed by atoms with E-state index in [-0.39, 0.29) is 17.2 Å². The van der Waals surface area contributed by atoms with Gasteiger partial charge in [-0.1, -0.05) is 6.07 Å². The molecular weight excluding hydrogens is 362 g/mol. The van der Waals surface area contributed by atoms with Gasteiger partial charge in [0.05, 0.1) is 11.5 Å². The third kappa shape index (κ3) is 3.30. The van der Waals surface area contributed by atoms with Gasteiger partial charge in [-0.05, 0) is 35.0 Å². The molecule has 2 rings (SSSR count). The predicted molar refractivity (Wildman–Crippen MR) is 78.6 cm³/mol. The minimum atomic E-state index is -3.34. The lowest BCUT2D eigenvalue weighted by atomic mass is 10.1. The normalized spacial score (nSPS) is 11.4. The van der Waals surface area contributed by atoms with E-state index in [1.165, 1.54) is 6.07 Å². The Bertz CT molecular complexity index is 786. The van der Waals surface area contributed by atoms with E-state index in [4.69, 9.17) is 4.74 Å². The second-order valence-electron chi connectivity index (χ2n) is 4.16. The maximum Gasteiger partial charge on any atom is 0.361 e. The SMILES string of the molecule is CCOC(=O)c1n[nH]nc1-c1ccc(S(C)(=O)=O)c(Br)c1. The molecule has 0 atom stereocenters. The summed E-state index contributed by atoms with van der Waals surface area (Å²) in [4.78, 5) is 11.9. The molecule has 0 bridgehead atoms. The number of nitrogens with one attached hydrogen (secondary N) is 1. The van der Waals surface area contributed by atoms with Gasteiger partial charge < -0.3 is 4.74 Å². The van der Waals surface area contributed by atoms with Crippen molar-refractivity contribution in [3.05, 3.63) is 28.4 Å². The van der Waals surface area contributed by atoms with Crippen molar-refractivity contribution in [2.24, 2.45) is 0 Å². The number of aromatic nitrogens is 3. The monoisotopic (exact) mass is 373 g/mol. The zero-order valence-electron chi connectivity index (χ0n) is 11.3. The van der Waals surface area contributed by atoms with Crippen LogP contribution in [0.1, 0.15) is 17.4 Å². The van der Waals surface area contributed by atoms with E-state index in [0.717, 1.165) is 6.26 Å². The Morgan fingerprint density at radius 3 is 2.67 bits per heavy atom. The molecule has 2 aromatic rings. The molecule has 0 saturated heterocycles. The molecule has 0 fully saturated rings. The highest BCUT2D eigenvalue weighted by atomic mass is 79.9. The van der Waals surface area contributed by atoms with Crippen molar-refractivity contribution in [1.82, 2.24) is 15.4 Å². The fourth-order valence-corrected chi connectivity index (χ4v) is 3.71. The fourth-order valence-electron chi connectivity index (χ4n) is 1.72. The molecule has 1 aromatic carbocycles. The van der Waals surface area contributed by atoms with Crippen LogP contribution in [-0.4, -0.2) is 42.7 Å². The number of carbonyl (C=O) groups excluding carboxylic acids is 1. The van der Waals surface area contributed by atoms with Gasteiger partial charge in [-0.2, -0.15) is 10.3 Å². The zero-order chi connectivity index (χ0) is 15.6. The molecule has 0 spiro atoms. The number of hydrogen-bond acceptors (Lipinski definition) is 6. The van der Waals surface area contributed by atoms with Crippen molar-refractivity contribution >= 4 is 31.7 Å². The molecule has 0 aliphatic carbocycles. The summed E-state index contributed by atoms with van der Waals surface area (Å²) in [7, 11) is -3.34. The fraction of sp³-hybridized carbons (Fsp3) is 0.250. The van der Waals surface area contributed by atoms with E-state index < -0.39 is 15.8 Å². The van der Waals surface area contributed by atoms with Crippen LogP contribution in [0.4, 0.5) is 0 Å². The van der Waals surface area contributed by atoms with Gasteiger partial charge >= 0.3 is 5.97 Å². The van der Waals surface area contributed by atoms with Crippen molar-refractivity contribution in [2.45, 2.75) is 11.8 Å². The van der Waals surface area contributed by atoms with Crippen LogP contribution in [0.15, 0.2) is 27.6 Å². The maximum absolute atomic E-state index is 11.8. The number of carbonyl (C=O) groups is 1. The summed E-state index contributed by atoms with van der Waals surface area (Å²) in [6, 6.07) is 4.57. The number of ether oxygens (including phenoxy) is 1. The minimum Gasteiger partial charge on any atom is -0.461 e. The standard InChI is InChI=1S/C12H12BrN3O4S/c1-3-20-12(17)11-10(14-16-15-11)7-4-5-9(8(13)6-7)21(2,18)19/h4-6H,3H2,1-2H3,(H,14,15,16). The Kier molecular flexibility index (Phi) is 4.43. The topological polar surface area (TPSA) is 102 Å². The molecule has 0 radical (unpaired) electrons. The van der Waals surface area contributed by atoms with Gasteiger partial charge in [0.25, 0.3) is 0 Å². The van der Waals surface area contributed by atoms with E-state index >= 15 is 0 Å². The Balaban J connectivity index is 2.48. The molecule has 0 saturated carbocycles. The third-order valence-electron chi connectivity index (χ3n) is 2.62. The van der Waals surface area contributed by atoms with Gasteiger partial charge in [-0.25, -0.2) is 13.2 Å². The van der Waals surface area contributed by atoms with Gasteiger partial charge in [0.2, 0.25) is 0 Å². The summed E-state index contributed by atoms with van der Waals surface area (Å²) < 4.78 is 28.4. The number of nitrogens with zero attached hydrogens (tertiary/aromatic N) is 2. The first-order valence-electron chi connectivity index (χ1n) is 5.92. The molecule has 7 nitrogen and oxygen atoms in total. The number of H-pyrrole nitrogens is 1. The Morgan fingerprint density at radius 1 is 1.38 bits per heavy atom. The Labute approximate surface area is 129 Å². The van der Waals surface area contributed by atoms with Gasteiger partial charge in [0, 0.05) is 16.3 Å². The molecule has 1 N–H and O–H groups in total. The van der Waals surface area contributed by atoms with E-state index in [1.54, 1.807) is 19.1 Å². The van der Waals surface area contributed by atoms with Crippen molar-refractivity contribution in [2.75, 3.05) is 12.9 Å². The first-order chi connectivity index (χ1) is 9.84. The predicted octanol–water partition coefficient (Wildman–Crippen LogP) is 1.81. The third-order valence-corrected chi connectivity index (χ3v) is 4.69.